The Morgan fingerprint density at radius 1 is 1.36 bits per heavy atom. The summed E-state index contributed by atoms with van der Waals surface area (Å²) < 4.78 is 10.7. The molecule has 1 aliphatic heterocycles. The summed E-state index contributed by atoms with van der Waals surface area (Å²) in [7, 11) is 0. The van der Waals surface area contributed by atoms with Crippen molar-refractivity contribution in [2.75, 3.05) is 4.90 Å². The van der Waals surface area contributed by atoms with Crippen molar-refractivity contribution >= 4 is 23.5 Å². The van der Waals surface area contributed by atoms with E-state index in [4.69, 9.17) is 9.47 Å². The van der Waals surface area contributed by atoms with Crippen LogP contribution in [0.2, 0.25) is 0 Å². The predicted molar refractivity (Wildman–Crippen MR) is 99.2 cm³/mol. The second-order valence-electron chi connectivity index (χ2n) is 6.59. The van der Waals surface area contributed by atoms with Gasteiger partial charge in [0, 0.05) is 6.07 Å². The zero-order valence-corrected chi connectivity index (χ0v) is 15.6. The molecule has 0 aliphatic carbocycles. The molecular weight excluding hydrogens is 366 g/mol. The third kappa shape index (κ3) is 3.93. The molecule has 3 rings (SSSR count). The Morgan fingerprint density at radius 3 is 2.79 bits per heavy atom. The van der Waals surface area contributed by atoms with E-state index in [1.54, 1.807) is 45.0 Å². The number of carbonyl (C=O) groups excluding carboxylic acids is 2. The van der Waals surface area contributed by atoms with E-state index in [1.165, 1.54) is 17.0 Å². The van der Waals surface area contributed by atoms with Gasteiger partial charge in [-0.3, -0.25) is 9.69 Å². The summed E-state index contributed by atoms with van der Waals surface area (Å²) in [5.41, 5.74) is 1.01. The van der Waals surface area contributed by atoms with Gasteiger partial charge in [-0.05, 0) is 54.4 Å². The van der Waals surface area contributed by atoms with E-state index in [0.717, 1.165) is 0 Å². The van der Waals surface area contributed by atoms with E-state index in [-0.39, 0.29) is 35.9 Å². The Morgan fingerprint density at radius 2 is 2.11 bits per heavy atom. The van der Waals surface area contributed by atoms with E-state index >= 15 is 0 Å². The van der Waals surface area contributed by atoms with E-state index < -0.39 is 17.0 Å². The van der Waals surface area contributed by atoms with Crippen molar-refractivity contribution < 1.29 is 24.0 Å². The second-order valence-corrected chi connectivity index (χ2v) is 6.59. The van der Waals surface area contributed by atoms with Gasteiger partial charge in [0.1, 0.15) is 0 Å². The van der Waals surface area contributed by atoms with Crippen LogP contribution in [0.15, 0.2) is 36.4 Å². The van der Waals surface area contributed by atoms with Crippen LogP contribution in [0.25, 0.3) is 0 Å². The van der Waals surface area contributed by atoms with Crippen molar-refractivity contribution in [2.24, 2.45) is 0 Å². The minimum atomic E-state index is -0.759. The van der Waals surface area contributed by atoms with Gasteiger partial charge in [0.15, 0.2) is 11.9 Å². The molecule has 1 aliphatic rings. The van der Waals surface area contributed by atoms with Crippen molar-refractivity contribution in [2.45, 2.75) is 39.5 Å². The van der Waals surface area contributed by atoms with Crippen LogP contribution in [0.3, 0.4) is 0 Å². The predicted octanol–water partition coefficient (Wildman–Crippen LogP) is 2.87. The fourth-order valence-electron chi connectivity index (χ4n) is 2.79. The summed E-state index contributed by atoms with van der Waals surface area (Å²) in [6.07, 6.45) is -1.01. The highest BCUT2D eigenvalue weighted by atomic mass is 16.6. The summed E-state index contributed by atoms with van der Waals surface area (Å²) in [5, 5.41) is 11.1. The summed E-state index contributed by atoms with van der Waals surface area (Å²) in [6.45, 7) is 5.18. The second kappa shape index (κ2) is 7.63. The first kappa shape index (κ1) is 19.3. The quantitative estimate of drug-likeness (QED) is 0.442. The standard InChI is InChI=1S/C19H19N3O6/c1-11(2)27-19(24)14-6-4-5-13(9-14)10-21-17-15(28-12(3)18(21)23)7-8-16(20-17)22(25)26/h4-9,11-12H,10H2,1-3H3. The van der Waals surface area contributed by atoms with Gasteiger partial charge in [0.25, 0.3) is 11.7 Å². The molecular formula is C19H19N3O6. The van der Waals surface area contributed by atoms with Crippen LogP contribution in [-0.4, -0.2) is 34.0 Å². The fourth-order valence-corrected chi connectivity index (χ4v) is 2.79. The molecule has 146 valence electrons. The maximum atomic E-state index is 12.6. The SMILES string of the molecule is CC(C)OC(=O)c1cccc(CN2C(=O)C(C)Oc3ccc([N+](=O)[O-])nc32)c1. The molecule has 1 atom stereocenters. The molecule has 1 aromatic heterocycles. The van der Waals surface area contributed by atoms with Crippen molar-refractivity contribution in [1.82, 2.24) is 4.98 Å². The lowest BCUT2D eigenvalue weighted by atomic mass is 10.1. The summed E-state index contributed by atoms with van der Waals surface area (Å²) in [4.78, 5) is 40.5. The largest absolute Gasteiger partial charge is 0.475 e. The molecule has 2 heterocycles. The molecule has 0 saturated heterocycles. The van der Waals surface area contributed by atoms with Crippen LogP contribution in [0.1, 0.15) is 36.7 Å². The van der Waals surface area contributed by atoms with Gasteiger partial charge in [-0.15, -0.1) is 0 Å². The highest BCUT2D eigenvalue weighted by Gasteiger charge is 2.36. The van der Waals surface area contributed by atoms with Crippen LogP contribution < -0.4 is 9.64 Å². The monoisotopic (exact) mass is 385 g/mol. The molecule has 0 fully saturated rings. The maximum absolute atomic E-state index is 12.6. The van der Waals surface area contributed by atoms with Gasteiger partial charge < -0.3 is 19.6 Å². The Hall–Kier alpha value is -3.49. The fraction of sp³-hybridized carbons (Fsp3) is 0.316. The number of hydrogen-bond donors (Lipinski definition) is 0. The Kier molecular flexibility index (Phi) is 5.25. The smallest absolute Gasteiger partial charge is 0.366 e. The molecule has 9 heteroatoms. The van der Waals surface area contributed by atoms with Crippen molar-refractivity contribution in [3.05, 3.63) is 57.6 Å². The van der Waals surface area contributed by atoms with Gasteiger partial charge >= 0.3 is 11.8 Å². The Balaban J connectivity index is 1.94. The minimum absolute atomic E-state index is 0.0764. The number of fused-ring (bicyclic) bond motifs is 1. The van der Waals surface area contributed by atoms with Gasteiger partial charge in [-0.25, -0.2) is 4.79 Å². The molecule has 28 heavy (non-hydrogen) atoms. The maximum Gasteiger partial charge on any atom is 0.366 e. The van der Waals surface area contributed by atoms with E-state index in [1.807, 2.05) is 0 Å². The minimum Gasteiger partial charge on any atom is -0.475 e. The highest BCUT2D eigenvalue weighted by molar-refractivity contribution is 5.99. The average Bonchev–Trinajstić information content (AvgIpc) is 2.64. The van der Waals surface area contributed by atoms with Crippen molar-refractivity contribution in [1.29, 1.82) is 0 Å². The number of esters is 1. The lowest BCUT2D eigenvalue weighted by Gasteiger charge is -2.29. The number of anilines is 1. The number of ether oxygens (including phenoxy) is 2. The number of nitrogens with zero attached hydrogens (tertiary/aromatic N) is 3. The molecule has 1 amide bonds. The number of benzene rings is 1. The Labute approximate surface area is 161 Å². The molecule has 0 radical (unpaired) electrons. The summed E-state index contributed by atoms with van der Waals surface area (Å²) in [6, 6.07) is 9.32. The van der Waals surface area contributed by atoms with Crippen molar-refractivity contribution in [3.8, 4) is 5.75 Å². The first-order valence-corrected chi connectivity index (χ1v) is 8.69. The number of carbonyl (C=O) groups is 2. The number of pyridine rings is 1. The lowest BCUT2D eigenvalue weighted by Crippen LogP contribution is -2.44. The number of hydrogen-bond acceptors (Lipinski definition) is 7. The zero-order valence-electron chi connectivity index (χ0n) is 15.6. The topological polar surface area (TPSA) is 112 Å². The number of rotatable bonds is 5. The molecule has 2 aromatic rings. The van der Waals surface area contributed by atoms with Gasteiger partial charge in [0.2, 0.25) is 0 Å². The Bertz CT molecular complexity index is 943. The van der Waals surface area contributed by atoms with Crippen LogP contribution in [-0.2, 0) is 16.1 Å². The van der Waals surface area contributed by atoms with E-state index in [0.29, 0.717) is 11.1 Å². The molecule has 0 bridgehead atoms. The molecule has 0 saturated carbocycles. The molecule has 0 N–H and O–H groups in total. The summed E-state index contributed by atoms with van der Waals surface area (Å²) >= 11 is 0. The van der Waals surface area contributed by atoms with Crippen LogP contribution in [0, 0.1) is 10.1 Å². The first-order chi connectivity index (χ1) is 13.3. The first-order valence-electron chi connectivity index (χ1n) is 8.69. The van der Waals surface area contributed by atoms with Crippen LogP contribution >= 0.6 is 0 Å². The molecule has 0 spiro atoms. The van der Waals surface area contributed by atoms with Gasteiger partial charge in [-0.1, -0.05) is 12.1 Å². The molecule has 9 nitrogen and oxygen atoms in total. The lowest BCUT2D eigenvalue weighted by molar-refractivity contribution is -0.389. The van der Waals surface area contributed by atoms with Crippen LogP contribution in [0.4, 0.5) is 11.6 Å². The molecule has 1 unspecified atom stereocenters. The third-order valence-corrected chi connectivity index (χ3v) is 4.03. The van der Waals surface area contributed by atoms with Gasteiger partial charge in [-0.2, -0.15) is 0 Å². The van der Waals surface area contributed by atoms with E-state index in [2.05, 4.69) is 4.98 Å². The summed E-state index contributed by atoms with van der Waals surface area (Å²) in [5.74, 6) is -0.868. The van der Waals surface area contributed by atoms with E-state index in [9.17, 15) is 19.7 Å². The average molecular weight is 385 g/mol. The number of nitro groups is 1. The van der Waals surface area contributed by atoms with Gasteiger partial charge in [0.05, 0.1) is 18.2 Å². The zero-order chi connectivity index (χ0) is 20.4. The number of aromatic nitrogens is 1. The molecule has 1 aromatic carbocycles. The number of amides is 1. The normalized spacial score (nSPS) is 15.8. The third-order valence-electron chi connectivity index (χ3n) is 4.03. The highest BCUT2D eigenvalue weighted by Crippen LogP contribution is 2.35. The van der Waals surface area contributed by atoms with Crippen LogP contribution in [0.5, 0.6) is 5.75 Å². The van der Waals surface area contributed by atoms with Crippen molar-refractivity contribution in [3.63, 3.8) is 0 Å².